The summed E-state index contributed by atoms with van der Waals surface area (Å²) in [4.78, 5) is 2.53. The maximum atomic E-state index is 2.53. The zero-order valence-corrected chi connectivity index (χ0v) is 34.7. The summed E-state index contributed by atoms with van der Waals surface area (Å²) < 4.78 is 2.56. The molecular weight excluding hydrogens is 767 g/mol. The smallest absolute Gasteiger partial charge is 0.0555 e. The number of anilines is 3. The van der Waals surface area contributed by atoms with E-state index in [0.29, 0.717) is 0 Å². The van der Waals surface area contributed by atoms with Crippen LogP contribution in [0.2, 0.25) is 0 Å². The number of nitrogens with zero attached hydrogens (tertiary/aromatic N) is 1. The van der Waals surface area contributed by atoms with E-state index in [0.717, 1.165) is 28.2 Å². The van der Waals surface area contributed by atoms with Crippen LogP contribution in [0, 0.1) is 0 Å². The molecule has 0 N–H and O–H groups in total. The molecule has 0 bridgehead atoms. The first-order valence-electron chi connectivity index (χ1n) is 21.3. The van der Waals surface area contributed by atoms with E-state index in [2.05, 4.69) is 241 Å². The van der Waals surface area contributed by atoms with Gasteiger partial charge in [-0.2, -0.15) is 0 Å². The van der Waals surface area contributed by atoms with Gasteiger partial charge in [-0.05, 0) is 102 Å². The molecule has 11 aromatic carbocycles. The van der Waals surface area contributed by atoms with Crippen molar-refractivity contribution in [2.45, 2.75) is 0 Å². The summed E-state index contributed by atoms with van der Waals surface area (Å²) in [6.07, 6.45) is 0. The van der Waals surface area contributed by atoms with Crippen molar-refractivity contribution in [2.24, 2.45) is 0 Å². The van der Waals surface area contributed by atoms with Crippen molar-refractivity contribution in [3.63, 3.8) is 0 Å². The lowest BCUT2D eigenvalue weighted by atomic mass is 9.84. The molecular formula is C60H39NS. The molecule has 0 amide bonds. The van der Waals surface area contributed by atoms with Gasteiger partial charge in [0, 0.05) is 31.1 Å². The van der Waals surface area contributed by atoms with Gasteiger partial charge in [-0.15, -0.1) is 11.3 Å². The summed E-state index contributed by atoms with van der Waals surface area (Å²) in [6.45, 7) is 0. The average molecular weight is 806 g/mol. The molecule has 0 atom stereocenters. The molecule has 2 heteroatoms. The van der Waals surface area contributed by atoms with Gasteiger partial charge >= 0.3 is 0 Å². The molecule has 0 unspecified atom stereocenters. The highest BCUT2D eigenvalue weighted by molar-refractivity contribution is 7.26. The Morgan fingerprint density at radius 2 is 0.790 bits per heavy atom. The number of para-hydroxylation sites is 1. The SMILES string of the molecule is c1ccc(-c2ccc(N(c3ccccc3-c3ccc4c(c3)c(-c3ccccc3)c(-c3ccccc3)c3ccccc34)c3cccc4sc5ccccc5c34)c3ccccc23)cc1. The fourth-order valence-corrected chi connectivity index (χ4v) is 10.9. The zero-order chi connectivity index (χ0) is 41.0. The zero-order valence-electron chi connectivity index (χ0n) is 33.9. The van der Waals surface area contributed by atoms with E-state index in [-0.39, 0.29) is 0 Å². The van der Waals surface area contributed by atoms with E-state index in [1.54, 1.807) is 0 Å². The molecule has 1 aromatic heterocycles. The third-order valence-corrected chi connectivity index (χ3v) is 13.6. The highest BCUT2D eigenvalue weighted by atomic mass is 32.1. The Morgan fingerprint density at radius 3 is 1.53 bits per heavy atom. The third kappa shape index (κ3) is 5.91. The van der Waals surface area contributed by atoms with Gasteiger partial charge in [0.25, 0.3) is 0 Å². The topological polar surface area (TPSA) is 3.24 Å². The predicted octanol–water partition coefficient (Wildman–Crippen LogP) is 17.7. The quantitative estimate of drug-likeness (QED) is 0.145. The number of hydrogen-bond donors (Lipinski definition) is 0. The Hall–Kier alpha value is -7.78. The van der Waals surface area contributed by atoms with Crippen molar-refractivity contribution in [1.29, 1.82) is 0 Å². The summed E-state index contributed by atoms with van der Waals surface area (Å²) in [5.41, 5.74) is 13.1. The van der Waals surface area contributed by atoms with Crippen LogP contribution in [-0.4, -0.2) is 0 Å². The summed E-state index contributed by atoms with van der Waals surface area (Å²) in [5, 5.41) is 9.95. The van der Waals surface area contributed by atoms with Crippen LogP contribution >= 0.6 is 11.3 Å². The number of hydrogen-bond acceptors (Lipinski definition) is 2. The molecule has 0 spiro atoms. The number of thiophene rings is 1. The van der Waals surface area contributed by atoms with Gasteiger partial charge in [0.05, 0.1) is 17.1 Å². The second-order valence-corrected chi connectivity index (χ2v) is 17.0. The Kier molecular flexibility index (Phi) is 8.76. The monoisotopic (exact) mass is 805 g/mol. The van der Waals surface area contributed by atoms with E-state index in [9.17, 15) is 0 Å². The van der Waals surface area contributed by atoms with Crippen LogP contribution < -0.4 is 4.90 Å². The summed E-state index contributed by atoms with van der Waals surface area (Å²) in [7, 11) is 0. The molecule has 1 heterocycles. The Labute approximate surface area is 365 Å². The second kappa shape index (κ2) is 15.0. The van der Waals surface area contributed by atoms with Crippen LogP contribution in [0.4, 0.5) is 17.1 Å². The van der Waals surface area contributed by atoms with E-state index < -0.39 is 0 Å². The first-order chi connectivity index (χ1) is 30.8. The molecule has 0 aliphatic rings. The maximum Gasteiger partial charge on any atom is 0.0555 e. The highest BCUT2D eigenvalue weighted by Crippen LogP contribution is 2.51. The molecule has 62 heavy (non-hydrogen) atoms. The molecule has 0 aliphatic heterocycles. The molecule has 0 fully saturated rings. The van der Waals surface area contributed by atoms with Gasteiger partial charge < -0.3 is 4.90 Å². The van der Waals surface area contributed by atoms with Crippen LogP contribution in [0.3, 0.4) is 0 Å². The molecule has 0 saturated carbocycles. The Balaban J connectivity index is 1.17. The van der Waals surface area contributed by atoms with Gasteiger partial charge in [0.2, 0.25) is 0 Å². The van der Waals surface area contributed by atoms with Crippen molar-refractivity contribution in [3.05, 3.63) is 237 Å². The van der Waals surface area contributed by atoms with Crippen molar-refractivity contribution in [2.75, 3.05) is 4.90 Å². The molecule has 0 radical (unpaired) electrons. The normalized spacial score (nSPS) is 11.5. The van der Waals surface area contributed by atoms with E-state index >= 15 is 0 Å². The lowest BCUT2D eigenvalue weighted by molar-refractivity contribution is 1.32. The van der Waals surface area contributed by atoms with Crippen LogP contribution in [-0.2, 0) is 0 Å². The van der Waals surface area contributed by atoms with Crippen molar-refractivity contribution in [1.82, 2.24) is 0 Å². The van der Waals surface area contributed by atoms with Crippen molar-refractivity contribution >= 4 is 80.9 Å². The van der Waals surface area contributed by atoms with Crippen LogP contribution in [0.15, 0.2) is 237 Å². The Morgan fingerprint density at radius 1 is 0.258 bits per heavy atom. The van der Waals surface area contributed by atoms with Crippen LogP contribution in [0.1, 0.15) is 0 Å². The second-order valence-electron chi connectivity index (χ2n) is 15.9. The molecule has 0 saturated heterocycles. The van der Waals surface area contributed by atoms with Gasteiger partial charge in [-0.1, -0.05) is 200 Å². The van der Waals surface area contributed by atoms with Crippen LogP contribution in [0.25, 0.3) is 97.0 Å². The number of fused-ring (bicyclic) bond motifs is 7. The first-order valence-corrected chi connectivity index (χ1v) is 22.1. The van der Waals surface area contributed by atoms with Crippen LogP contribution in [0.5, 0.6) is 0 Å². The molecule has 12 aromatic rings. The fraction of sp³-hybridized carbons (Fsp3) is 0. The van der Waals surface area contributed by atoms with E-state index in [1.807, 2.05) is 11.3 Å². The predicted molar refractivity (Wildman–Crippen MR) is 268 cm³/mol. The lowest BCUT2D eigenvalue weighted by Crippen LogP contribution is -2.12. The largest absolute Gasteiger partial charge is 0.309 e. The number of benzene rings is 11. The third-order valence-electron chi connectivity index (χ3n) is 12.5. The Bertz CT molecular complexity index is 3630. The molecule has 290 valence electrons. The van der Waals surface area contributed by atoms with Crippen molar-refractivity contribution in [3.8, 4) is 44.5 Å². The summed E-state index contributed by atoms with van der Waals surface area (Å²) >= 11 is 1.86. The minimum Gasteiger partial charge on any atom is -0.309 e. The molecule has 12 rings (SSSR count). The fourth-order valence-electron chi connectivity index (χ4n) is 9.76. The minimum atomic E-state index is 1.12. The van der Waals surface area contributed by atoms with E-state index in [1.165, 1.54) is 85.9 Å². The first kappa shape index (κ1) is 36.1. The molecule has 1 nitrogen and oxygen atoms in total. The number of rotatable bonds is 7. The van der Waals surface area contributed by atoms with Crippen molar-refractivity contribution < 1.29 is 0 Å². The standard InChI is InChI=1S/C60H39NS/c1-4-19-40(20-5-1)44-37-38-54(49-28-12-10-26-46(44)49)61(55-32-18-34-57-60(55)51-30-15-17-33-56(51)62-57)53-31-16-14-25-45(53)43-35-36-48-47-27-11-13-29-50(47)58(41-21-6-2-7-22-41)59(52(48)39-43)42-23-8-3-9-24-42/h1-39H. The van der Waals surface area contributed by atoms with Gasteiger partial charge in [0.15, 0.2) is 0 Å². The summed E-state index contributed by atoms with van der Waals surface area (Å²) in [6, 6.07) is 86.8. The average Bonchev–Trinajstić information content (AvgIpc) is 3.74. The maximum absolute atomic E-state index is 2.53. The minimum absolute atomic E-state index is 1.12. The van der Waals surface area contributed by atoms with Gasteiger partial charge in [-0.3, -0.25) is 0 Å². The molecule has 0 aliphatic carbocycles. The highest BCUT2D eigenvalue weighted by Gasteiger charge is 2.25. The summed E-state index contributed by atoms with van der Waals surface area (Å²) in [5.74, 6) is 0. The lowest BCUT2D eigenvalue weighted by Gasteiger charge is -2.30. The van der Waals surface area contributed by atoms with Gasteiger partial charge in [0.1, 0.15) is 0 Å². The van der Waals surface area contributed by atoms with E-state index in [4.69, 9.17) is 0 Å². The van der Waals surface area contributed by atoms with Gasteiger partial charge in [-0.25, -0.2) is 0 Å².